The van der Waals surface area contributed by atoms with E-state index in [0.29, 0.717) is 17.5 Å². The second-order valence-corrected chi connectivity index (χ2v) is 2.69. The Bertz CT molecular complexity index is 457. The van der Waals surface area contributed by atoms with Gasteiger partial charge in [0, 0.05) is 12.3 Å². The van der Waals surface area contributed by atoms with Crippen molar-refractivity contribution in [1.29, 1.82) is 0 Å². The molecule has 7 nitrogen and oxygen atoms in total. The van der Waals surface area contributed by atoms with Gasteiger partial charge in [-0.15, -0.1) is 20.4 Å². The third-order valence-electron chi connectivity index (χ3n) is 1.62. The van der Waals surface area contributed by atoms with Crippen molar-refractivity contribution in [2.45, 2.75) is 6.92 Å². The summed E-state index contributed by atoms with van der Waals surface area (Å²) < 4.78 is 4.95. The Morgan fingerprint density at radius 3 is 2.47 bits per heavy atom. The standard InChI is InChI=1S/C8H8N6O/c1-5-11-13-8(14-12-5)7-9-4-3-6(10-7)15-2/h3-4H,1-2H3. The van der Waals surface area contributed by atoms with Crippen molar-refractivity contribution in [3.63, 3.8) is 0 Å². The van der Waals surface area contributed by atoms with Gasteiger partial charge < -0.3 is 4.74 Å². The molecule has 76 valence electrons. The molecular weight excluding hydrogens is 196 g/mol. The van der Waals surface area contributed by atoms with Gasteiger partial charge in [-0.05, 0) is 6.92 Å². The van der Waals surface area contributed by atoms with Gasteiger partial charge in [0.1, 0.15) is 0 Å². The molecule has 15 heavy (non-hydrogen) atoms. The molecule has 2 heterocycles. The number of rotatable bonds is 2. The van der Waals surface area contributed by atoms with Crippen LogP contribution in [0.2, 0.25) is 0 Å². The number of nitrogens with zero attached hydrogens (tertiary/aromatic N) is 6. The summed E-state index contributed by atoms with van der Waals surface area (Å²) >= 11 is 0. The van der Waals surface area contributed by atoms with Gasteiger partial charge in [-0.1, -0.05) is 0 Å². The quantitative estimate of drug-likeness (QED) is 0.682. The van der Waals surface area contributed by atoms with E-state index in [4.69, 9.17) is 4.74 Å². The molecule has 2 aromatic heterocycles. The molecule has 0 aliphatic rings. The van der Waals surface area contributed by atoms with Gasteiger partial charge in [0.25, 0.3) is 0 Å². The molecule has 0 N–H and O–H groups in total. The Hall–Kier alpha value is -2.18. The summed E-state index contributed by atoms with van der Waals surface area (Å²) in [5.41, 5.74) is 0. The van der Waals surface area contributed by atoms with Crippen molar-refractivity contribution < 1.29 is 4.74 Å². The average molecular weight is 204 g/mol. The van der Waals surface area contributed by atoms with E-state index in [1.807, 2.05) is 0 Å². The fourth-order valence-electron chi connectivity index (χ4n) is 0.932. The number of hydrogen-bond donors (Lipinski definition) is 0. The maximum Gasteiger partial charge on any atom is 0.240 e. The summed E-state index contributed by atoms with van der Waals surface area (Å²) in [5, 5.41) is 15.2. The Labute approximate surface area is 85.6 Å². The average Bonchev–Trinajstić information content (AvgIpc) is 2.30. The van der Waals surface area contributed by atoms with E-state index < -0.39 is 0 Å². The third-order valence-corrected chi connectivity index (χ3v) is 1.62. The number of aromatic nitrogens is 6. The smallest absolute Gasteiger partial charge is 0.240 e. The van der Waals surface area contributed by atoms with Crippen molar-refractivity contribution in [3.8, 4) is 17.5 Å². The molecule has 0 saturated heterocycles. The van der Waals surface area contributed by atoms with Gasteiger partial charge in [0.05, 0.1) is 7.11 Å². The second kappa shape index (κ2) is 3.91. The fourth-order valence-corrected chi connectivity index (χ4v) is 0.932. The van der Waals surface area contributed by atoms with Crippen molar-refractivity contribution in [2.75, 3.05) is 7.11 Å². The summed E-state index contributed by atoms with van der Waals surface area (Å²) in [7, 11) is 1.53. The number of methoxy groups -OCH3 is 1. The molecule has 0 bridgehead atoms. The van der Waals surface area contributed by atoms with Crippen molar-refractivity contribution in [2.24, 2.45) is 0 Å². The largest absolute Gasteiger partial charge is 0.481 e. The van der Waals surface area contributed by atoms with Gasteiger partial charge >= 0.3 is 0 Å². The first-order valence-corrected chi connectivity index (χ1v) is 4.21. The van der Waals surface area contributed by atoms with Crippen LogP contribution in [0.25, 0.3) is 11.6 Å². The Balaban J connectivity index is 2.40. The third kappa shape index (κ3) is 2.01. The molecular formula is C8H8N6O. The van der Waals surface area contributed by atoms with Crippen molar-refractivity contribution in [3.05, 3.63) is 18.1 Å². The molecule has 0 amide bonds. The summed E-state index contributed by atoms with van der Waals surface area (Å²) in [6.45, 7) is 1.70. The molecule has 0 unspecified atom stereocenters. The van der Waals surface area contributed by atoms with E-state index in [9.17, 15) is 0 Å². The molecule has 0 fully saturated rings. The molecule has 2 aromatic rings. The maximum absolute atomic E-state index is 4.95. The SMILES string of the molecule is COc1ccnc(-c2nnc(C)nn2)n1. The first kappa shape index (κ1) is 9.38. The topological polar surface area (TPSA) is 86.6 Å². The van der Waals surface area contributed by atoms with Crippen molar-refractivity contribution in [1.82, 2.24) is 30.4 Å². The molecule has 0 aliphatic carbocycles. The predicted molar refractivity (Wildman–Crippen MR) is 49.9 cm³/mol. The lowest BCUT2D eigenvalue weighted by molar-refractivity contribution is 0.397. The van der Waals surface area contributed by atoms with Crippen LogP contribution in [-0.4, -0.2) is 37.5 Å². The zero-order valence-electron chi connectivity index (χ0n) is 8.25. The Morgan fingerprint density at radius 2 is 1.80 bits per heavy atom. The molecule has 0 aliphatic heterocycles. The molecule has 0 aromatic carbocycles. The normalized spacial score (nSPS) is 10.0. The van der Waals surface area contributed by atoms with E-state index in [1.54, 1.807) is 19.2 Å². The molecule has 7 heteroatoms. The van der Waals surface area contributed by atoms with E-state index in [0.717, 1.165) is 0 Å². The predicted octanol–water partition coefficient (Wildman–Crippen LogP) is 0.0406. The minimum Gasteiger partial charge on any atom is -0.481 e. The molecule has 0 radical (unpaired) electrons. The van der Waals surface area contributed by atoms with Gasteiger partial charge in [0.15, 0.2) is 5.82 Å². The fraction of sp³-hybridized carbons (Fsp3) is 0.250. The lowest BCUT2D eigenvalue weighted by atomic mass is 10.5. The summed E-state index contributed by atoms with van der Waals surface area (Å²) in [6.07, 6.45) is 1.56. The minimum atomic E-state index is 0.277. The first-order valence-electron chi connectivity index (χ1n) is 4.21. The summed E-state index contributed by atoms with van der Waals surface area (Å²) in [4.78, 5) is 8.04. The van der Waals surface area contributed by atoms with Gasteiger partial charge in [-0.25, -0.2) is 4.98 Å². The zero-order valence-corrected chi connectivity index (χ0v) is 8.25. The van der Waals surface area contributed by atoms with Gasteiger partial charge in [-0.3, -0.25) is 0 Å². The first-order chi connectivity index (χ1) is 7.29. The Morgan fingerprint density at radius 1 is 1.07 bits per heavy atom. The highest BCUT2D eigenvalue weighted by Gasteiger charge is 2.06. The van der Waals surface area contributed by atoms with Crippen molar-refractivity contribution >= 4 is 0 Å². The molecule has 0 saturated carbocycles. The van der Waals surface area contributed by atoms with Crippen LogP contribution in [0.3, 0.4) is 0 Å². The monoisotopic (exact) mass is 204 g/mol. The number of ether oxygens (including phenoxy) is 1. The van der Waals surface area contributed by atoms with Crippen LogP contribution in [0.1, 0.15) is 5.82 Å². The molecule has 0 atom stereocenters. The number of hydrogen-bond acceptors (Lipinski definition) is 7. The van der Waals surface area contributed by atoms with Gasteiger partial charge in [0.2, 0.25) is 17.5 Å². The van der Waals surface area contributed by atoms with Crippen LogP contribution in [0, 0.1) is 6.92 Å². The highest BCUT2D eigenvalue weighted by atomic mass is 16.5. The van der Waals surface area contributed by atoms with Crippen LogP contribution in [0.4, 0.5) is 0 Å². The van der Waals surface area contributed by atoms with Crippen LogP contribution in [-0.2, 0) is 0 Å². The van der Waals surface area contributed by atoms with Crippen LogP contribution >= 0.6 is 0 Å². The highest BCUT2D eigenvalue weighted by molar-refractivity contribution is 5.41. The van der Waals surface area contributed by atoms with Crippen LogP contribution < -0.4 is 4.74 Å². The summed E-state index contributed by atoms with van der Waals surface area (Å²) in [6, 6.07) is 1.64. The van der Waals surface area contributed by atoms with E-state index >= 15 is 0 Å². The van der Waals surface area contributed by atoms with E-state index in [-0.39, 0.29) is 5.82 Å². The van der Waals surface area contributed by atoms with Gasteiger partial charge in [-0.2, -0.15) is 4.98 Å². The number of aryl methyl sites for hydroxylation is 1. The van der Waals surface area contributed by atoms with E-state index in [2.05, 4.69) is 30.4 Å². The highest BCUT2D eigenvalue weighted by Crippen LogP contribution is 2.10. The molecule has 2 rings (SSSR count). The second-order valence-electron chi connectivity index (χ2n) is 2.69. The maximum atomic E-state index is 4.95. The lowest BCUT2D eigenvalue weighted by Gasteiger charge is -1.99. The van der Waals surface area contributed by atoms with E-state index in [1.165, 1.54) is 7.11 Å². The minimum absolute atomic E-state index is 0.277. The van der Waals surface area contributed by atoms with Crippen LogP contribution in [0.15, 0.2) is 12.3 Å². The lowest BCUT2D eigenvalue weighted by Crippen LogP contribution is -2.02. The summed E-state index contributed by atoms with van der Waals surface area (Å²) in [5.74, 6) is 1.57. The van der Waals surface area contributed by atoms with Crippen LogP contribution in [0.5, 0.6) is 5.88 Å². The molecule has 0 spiro atoms. The Kier molecular flexibility index (Phi) is 2.44. The zero-order chi connectivity index (χ0) is 10.7.